The molecule has 0 saturated heterocycles. The highest BCUT2D eigenvalue weighted by Gasteiger charge is 2.16. The number of nitrogens with zero attached hydrogens (tertiary/aromatic N) is 2. The number of benzene rings is 1. The summed E-state index contributed by atoms with van der Waals surface area (Å²) < 4.78 is 1.85. The Morgan fingerprint density at radius 3 is 2.63 bits per heavy atom. The number of aromatic nitrogens is 2. The molecule has 0 bridgehead atoms. The summed E-state index contributed by atoms with van der Waals surface area (Å²) in [5.74, 6) is 0.381. The van der Waals surface area contributed by atoms with Crippen LogP contribution in [-0.2, 0) is 13.0 Å². The number of halogens is 2. The normalized spacial score (nSPS) is 10.7. The van der Waals surface area contributed by atoms with Gasteiger partial charge in [0.25, 0.3) is 0 Å². The van der Waals surface area contributed by atoms with Gasteiger partial charge in [0.05, 0.1) is 0 Å². The summed E-state index contributed by atoms with van der Waals surface area (Å²) in [6, 6.07) is 5.22. The predicted molar refractivity (Wildman–Crippen MR) is 77.0 cm³/mol. The third kappa shape index (κ3) is 3.17. The number of hydrogen-bond donors (Lipinski definition) is 0. The van der Waals surface area contributed by atoms with Crippen molar-refractivity contribution in [3.63, 3.8) is 0 Å². The molecule has 0 radical (unpaired) electrons. The summed E-state index contributed by atoms with van der Waals surface area (Å²) in [4.78, 5) is 16.4. The third-order valence-electron chi connectivity index (χ3n) is 2.83. The lowest BCUT2D eigenvalue weighted by Gasteiger charge is -2.08. The molecule has 0 N–H and O–H groups in total. The molecule has 1 aromatic carbocycles. The van der Waals surface area contributed by atoms with Crippen LogP contribution in [0.25, 0.3) is 0 Å². The fourth-order valence-electron chi connectivity index (χ4n) is 1.92. The molecule has 1 heterocycles. The Labute approximate surface area is 122 Å². The molecule has 1 aromatic heterocycles. The number of imidazole rings is 1. The molecule has 2 rings (SSSR count). The topological polar surface area (TPSA) is 34.9 Å². The van der Waals surface area contributed by atoms with Crippen LogP contribution >= 0.6 is 23.2 Å². The minimum absolute atomic E-state index is 0.0755. The maximum Gasteiger partial charge on any atom is 0.202 e. The van der Waals surface area contributed by atoms with Gasteiger partial charge < -0.3 is 4.57 Å². The molecule has 0 aliphatic carbocycles. The van der Waals surface area contributed by atoms with E-state index in [1.165, 1.54) is 0 Å². The van der Waals surface area contributed by atoms with Crippen molar-refractivity contribution in [2.75, 3.05) is 0 Å². The Bertz CT molecular complexity index is 573. The van der Waals surface area contributed by atoms with Gasteiger partial charge in [-0.3, -0.25) is 4.79 Å². The first kappa shape index (κ1) is 14.1. The Morgan fingerprint density at radius 2 is 2.00 bits per heavy atom. The zero-order chi connectivity index (χ0) is 13.8. The van der Waals surface area contributed by atoms with Gasteiger partial charge in [-0.2, -0.15) is 0 Å². The SMILES string of the molecule is CCCn1ccnc1C(=O)Cc1c(Cl)cccc1Cl. The van der Waals surface area contributed by atoms with Crippen molar-refractivity contribution in [2.45, 2.75) is 26.3 Å². The van der Waals surface area contributed by atoms with Crippen LogP contribution in [0.15, 0.2) is 30.6 Å². The number of rotatable bonds is 5. The zero-order valence-electron chi connectivity index (χ0n) is 10.6. The number of hydrogen-bond acceptors (Lipinski definition) is 2. The number of ketones is 1. The first-order valence-electron chi connectivity index (χ1n) is 6.10. The van der Waals surface area contributed by atoms with Crippen molar-refractivity contribution in [1.82, 2.24) is 9.55 Å². The molecule has 3 nitrogen and oxygen atoms in total. The fraction of sp³-hybridized carbons (Fsp3) is 0.286. The van der Waals surface area contributed by atoms with Crippen molar-refractivity contribution >= 4 is 29.0 Å². The molecule has 0 unspecified atom stereocenters. The summed E-state index contributed by atoms with van der Waals surface area (Å²) in [6.07, 6.45) is 4.56. The lowest BCUT2D eigenvalue weighted by molar-refractivity contribution is 0.0979. The van der Waals surface area contributed by atoms with E-state index in [-0.39, 0.29) is 12.2 Å². The Kier molecular flexibility index (Phi) is 4.61. The van der Waals surface area contributed by atoms with Crippen LogP contribution in [0, 0.1) is 0 Å². The number of carbonyl (C=O) groups excluding carboxylic acids is 1. The fourth-order valence-corrected chi connectivity index (χ4v) is 2.45. The molecular formula is C14H14Cl2N2O. The summed E-state index contributed by atoms with van der Waals surface area (Å²) in [5.41, 5.74) is 0.655. The van der Waals surface area contributed by atoms with Gasteiger partial charge in [0, 0.05) is 35.4 Å². The first-order valence-corrected chi connectivity index (χ1v) is 6.86. The molecule has 5 heteroatoms. The van der Waals surface area contributed by atoms with Gasteiger partial charge in [-0.25, -0.2) is 4.98 Å². The van der Waals surface area contributed by atoms with Gasteiger partial charge in [-0.15, -0.1) is 0 Å². The molecule has 0 amide bonds. The van der Waals surface area contributed by atoms with E-state index in [0.29, 0.717) is 21.4 Å². The Morgan fingerprint density at radius 1 is 1.32 bits per heavy atom. The van der Waals surface area contributed by atoms with Crippen LogP contribution in [0.3, 0.4) is 0 Å². The van der Waals surface area contributed by atoms with Gasteiger partial charge in [0.1, 0.15) is 0 Å². The monoisotopic (exact) mass is 296 g/mol. The molecule has 0 aliphatic rings. The molecule has 0 fully saturated rings. The van der Waals surface area contributed by atoms with Crippen molar-refractivity contribution in [2.24, 2.45) is 0 Å². The van der Waals surface area contributed by atoms with Crippen molar-refractivity contribution in [3.05, 3.63) is 52.0 Å². The molecule has 19 heavy (non-hydrogen) atoms. The molecule has 0 saturated carbocycles. The van der Waals surface area contributed by atoms with Gasteiger partial charge in [0.2, 0.25) is 5.78 Å². The zero-order valence-corrected chi connectivity index (χ0v) is 12.1. The molecule has 0 aliphatic heterocycles. The van der Waals surface area contributed by atoms with Crippen molar-refractivity contribution < 1.29 is 4.79 Å². The number of Topliss-reactive ketones (excluding diaryl/α,β-unsaturated/α-hetero) is 1. The highest BCUT2D eigenvalue weighted by Crippen LogP contribution is 2.25. The lowest BCUT2D eigenvalue weighted by Crippen LogP contribution is -2.13. The third-order valence-corrected chi connectivity index (χ3v) is 3.54. The maximum atomic E-state index is 12.3. The van der Waals surface area contributed by atoms with Gasteiger partial charge in [-0.05, 0) is 24.1 Å². The molecule has 2 aromatic rings. The van der Waals surface area contributed by atoms with Crippen molar-refractivity contribution in [3.8, 4) is 0 Å². The summed E-state index contributed by atoms with van der Waals surface area (Å²) in [6.45, 7) is 2.83. The standard InChI is InChI=1S/C14H14Cl2N2O/c1-2-7-18-8-6-17-14(18)13(19)9-10-11(15)4-3-5-12(10)16/h3-6,8H,2,7,9H2,1H3. The highest BCUT2D eigenvalue weighted by molar-refractivity contribution is 6.36. The van der Waals surface area contributed by atoms with E-state index >= 15 is 0 Å². The van der Waals surface area contributed by atoms with Crippen LogP contribution in [0.5, 0.6) is 0 Å². The van der Waals surface area contributed by atoms with Crippen LogP contribution in [-0.4, -0.2) is 15.3 Å². The second-order valence-corrected chi connectivity index (χ2v) is 5.06. The Hall–Kier alpha value is -1.32. The van der Waals surface area contributed by atoms with E-state index in [1.54, 1.807) is 24.4 Å². The average Bonchev–Trinajstić information content (AvgIpc) is 2.83. The van der Waals surface area contributed by atoms with Gasteiger partial charge in [-0.1, -0.05) is 36.2 Å². The van der Waals surface area contributed by atoms with Crippen LogP contribution < -0.4 is 0 Å². The lowest BCUT2D eigenvalue weighted by atomic mass is 10.1. The van der Waals surface area contributed by atoms with E-state index in [4.69, 9.17) is 23.2 Å². The van der Waals surface area contributed by atoms with Crippen LogP contribution in [0.4, 0.5) is 0 Å². The highest BCUT2D eigenvalue weighted by atomic mass is 35.5. The smallest absolute Gasteiger partial charge is 0.202 e. The van der Waals surface area contributed by atoms with E-state index in [1.807, 2.05) is 10.8 Å². The van der Waals surface area contributed by atoms with Crippen LogP contribution in [0.2, 0.25) is 10.0 Å². The average molecular weight is 297 g/mol. The van der Waals surface area contributed by atoms with Gasteiger partial charge in [0.15, 0.2) is 5.82 Å². The second-order valence-electron chi connectivity index (χ2n) is 4.24. The van der Waals surface area contributed by atoms with E-state index < -0.39 is 0 Å². The number of carbonyl (C=O) groups is 1. The first-order chi connectivity index (χ1) is 9.13. The maximum absolute atomic E-state index is 12.3. The summed E-state index contributed by atoms with van der Waals surface area (Å²) >= 11 is 12.1. The van der Waals surface area contributed by atoms with E-state index in [0.717, 1.165) is 13.0 Å². The summed E-state index contributed by atoms with van der Waals surface area (Å²) in [7, 11) is 0. The quantitative estimate of drug-likeness (QED) is 0.781. The van der Waals surface area contributed by atoms with Crippen LogP contribution in [0.1, 0.15) is 29.5 Å². The molecule has 0 spiro atoms. The molecule has 100 valence electrons. The van der Waals surface area contributed by atoms with Crippen molar-refractivity contribution in [1.29, 1.82) is 0 Å². The molecule has 0 atom stereocenters. The summed E-state index contributed by atoms with van der Waals surface area (Å²) in [5, 5.41) is 1.02. The van der Waals surface area contributed by atoms with Gasteiger partial charge >= 0.3 is 0 Å². The minimum Gasteiger partial charge on any atom is -0.329 e. The molecular weight excluding hydrogens is 283 g/mol. The second kappa shape index (κ2) is 6.22. The Balaban J connectivity index is 2.24. The minimum atomic E-state index is -0.0755. The van der Waals surface area contributed by atoms with E-state index in [9.17, 15) is 4.79 Å². The number of aryl methyl sites for hydroxylation is 1. The van der Waals surface area contributed by atoms with E-state index in [2.05, 4.69) is 11.9 Å². The predicted octanol–water partition coefficient (Wildman–Crippen LogP) is 4.03. The largest absolute Gasteiger partial charge is 0.329 e.